The number of rotatable bonds is 8. The largest absolute Gasteiger partial charge is 0.495 e. The normalized spacial score (nSPS) is 14.3. The predicted octanol–water partition coefficient (Wildman–Crippen LogP) is 3.89. The molecule has 7 nitrogen and oxygen atoms in total. The van der Waals surface area contributed by atoms with Crippen LogP contribution in [0.1, 0.15) is 5.56 Å². The smallest absolute Gasteiger partial charge is 0.243 e. The zero-order valence-electron chi connectivity index (χ0n) is 19.5. The number of hydrogen-bond donors (Lipinski definition) is 0. The summed E-state index contributed by atoms with van der Waals surface area (Å²) in [4.78, 5) is 17.3. The molecule has 0 saturated carbocycles. The number of halogens is 1. The van der Waals surface area contributed by atoms with Crippen LogP contribution < -0.4 is 9.64 Å². The number of sulfonamides is 1. The fraction of sp³-hybridized carbons (Fsp3) is 0.269. The number of para-hydroxylation sites is 2. The van der Waals surface area contributed by atoms with Crippen LogP contribution in [-0.4, -0.2) is 63.4 Å². The highest BCUT2D eigenvalue weighted by atomic mass is 35.5. The zero-order valence-corrected chi connectivity index (χ0v) is 21.1. The third-order valence-electron chi connectivity index (χ3n) is 6.02. The van der Waals surface area contributed by atoms with Crippen molar-refractivity contribution >= 4 is 33.2 Å². The predicted molar refractivity (Wildman–Crippen MR) is 137 cm³/mol. The van der Waals surface area contributed by atoms with Crippen LogP contribution in [-0.2, 0) is 21.4 Å². The molecule has 0 bridgehead atoms. The molecule has 35 heavy (non-hydrogen) atoms. The van der Waals surface area contributed by atoms with E-state index in [0.717, 1.165) is 17.0 Å². The van der Waals surface area contributed by atoms with Crippen molar-refractivity contribution in [3.63, 3.8) is 0 Å². The van der Waals surface area contributed by atoms with Crippen LogP contribution in [0.3, 0.4) is 0 Å². The molecule has 184 valence electrons. The van der Waals surface area contributed by atoms with Gasteiger partial charge >= 0.3 is 0 Å². The molecule has 3 aromatic rings. The van der Waals surface area contributed by atoms with Crippen molar-refractivity contribution in [1.82, 2.24) is 9.21 Å². The second-order valence-corrected chi connectivity index (χ2v) is 10.6. The van der Waals surface area contributed by atoms with Gasteiger partial charge in [0.2, 0.25) is 15.9 Å². The Morgan fingerprint density at radius 2 is 1.54 bits per heavy atom. The second-order valence-electron chi connectivity index (χ2n) is 8.25. The Kier molecular flexibility index (Phi) is 7.95. The van der Waals surface area contributed by atoms with Gasteiger partial charge in [0, 0.05) is 37.7 Å². The van der Waals surface area contributed by atoms with Gasteiger partial charge in [-0.05, 0) is 42.0 Å². The molecule has 1 heterocycles. The SMILES string of the molecule is COc1ccccc1N1CCN(C(=O)CN(Cc2ccccc2)S(=O)(=O)c2ccc(Cl)cc2)CC1. The molecule has 9 heteroatoms. The highest BCUT2D eigenvalue weighted by Crippen LogP contribution is 2.28. The van der Waals surface area contributed by atoms with E-state index in [4.69, 9.17) is 16.3 Å². The summed E-state index contributed by atoms with van der Waals surface area (Å²) in [7, 11) is -2.27. The van der Waals surface area contributed by atoms with E-state index in [2.05, 4.69) is 4.90 Å². The van der Waals surface area contributed by atoms with E-state index in [1.54, 1.807) is 12.0 Å². The Labute approximate surface area is 211 Å². The summed E-state index contributed by atoms with van der Waals surface area (Å²) in [6.45, 7) is 2.12. The Bertz CT molecular complexity index is 1250. The molecule has 1 aliphatic heterocycles. The average Bonchev–Trinajstić information content (AvgIpc) is 2.89. The van der Waals surface area contributed by atoms with Gasteiger partial charge in [0.15, 0.2) is 0 Å². The number of carbonyl (C=O) groups is 1. The topological polar surface area (TPSA) is 70.2 Å². The molecular formula is C26H28ClN3O4S. The molecule has 0 radical (unpaired) electrons. The standard InChI is InChI=1S/C26H28ClN3O4S/c1-34-25-10-6-5-9-24(25)28-15-17-29(18-16-28)26(31)20-30(19-21-7-3-2-4-8-21)35(32,33)23-13-11-22(27)12-14-23/h2-14H,15-20H2,1H3. The molecule has 0 spiro atoms. The number of nitrogens with zero attached hydrogens (tertiary/aromatic N) is 3. The Hall–Kier alpha value is -3.07. The molecule has 1 aliphatic rings. The van der Waals surface area contributed by atoms with Crippen molar-refractivity contribution < 1.29 is 17.9 Å². The van der Waals surface area contributed by atoms with E-state index in [1.807, 2.05) is 54.6 Å². The number of anilines is 1. The number of hydrogen-bond acceptors (Lipinski definition) is 5. The van der Waals surface area contributed by atoms with E-state index in [-0.39, 0.29) is 23.9 Å². The molecule has 1 fully saturated rings. The lowest BCUT2D eigenvalue weighted by molar-refractivity contribution is -0.131. The fourth-order valence-corrected chi connectivity index (χ4v) is 5.61. The molecule has 0 atom stereocenters. The minimum atomic E-state index is -3.91. The fourth-order valence-electron chi connectivity index (χ4n) is 4.11. The van der Waals surface area contributed by atoms with E-state index < -0.39 is 10.0 Å². The first-order valence-corrected chi connectivity index (χ1v) is 13.2. The third-order valence-corrected chi connectivity index (χ3v) is 8.08. The lowest BCUT2D eigenvalue weighted by Crippen LogP contribution is -2.51. The van der Waals surface area contributed by atoms with Gasteiger partial charge in [0.25, 0.3) is 0 Å². The summed E-state index contributed by atoms with van der Waals surface area (Å²) in [6.07, 6.45) is 0. The molecule has 1 saturated heterocycles. The Morgan fingerprint density at radius 1 is 0.914 bits per heavy atom. The van der Waals surface area contributed by atoms with Gasteiger partial charge in [-0.15, -0.1) is 0 Å². The minimum Gasteiger partial charge on any atom is -0.495 e. The molecule has 0 aliphatic carbocycles. The lowest BCUT2D eigenvalue weighted by atomic mass is 10.2. The summed E-state index contributed by atoms with van der Waals surface area (Å²) in [6, 6.07) is 23.0. The van der Waals surface area contributed by atoms with Gasteiger partial charge in [-0.1, -0.05) is 54.1 Å². The number of carbonyl (C=O) groups excluding carboxylic acids is 1. The van der Waals surface area contributed by atoms with Gasteiger partial charge in [-0.2, -0.15) is 4.31 Å². The monoisotopic (exact) mass is 513 g/mol. The molecule has 0 unspecified atom stereocenters. The van der Waals surface area contributed by atoms with Crippen molar-refractivity contribution in [2.75, 3.05) is 44.7 Å². The maximum absolute atomic E-state index is 13.5. The summed E-state index contributed by atoms with van der Waals surface area (Å²) < 4.78 is 33.6. The molecular weight excluding hydrogens is 486 g/mol. The highest BCUT2D eigenvalue weighted by Gasteiger charge is 2.30. The number of ether oxygens (including phenoxy) is 1. The van der Waals surface area contributed by atoms with E-state index in [9.17, 15) is 13.2 Å². The summed E-state index contributed by atoms with van der Waals surface area (Å²) in [5, 5.41) is 0.447. The quantitative estimate of drug-likeness (QED) is 0.457. The van der Waals surface area contributed by atoms with Crippen LogP contribution in [0, 0.1) is 0 Å². The number of piperazine rings is 1. The van der Waals surface area contributed by atoms with Crippen LogP contribution in [0.5, 0.6) is 5.75 Å². The summed E-state index contributed by atoms with van der Waals surface area (Å²) in [5.41, 5.74) is 1.79. The maximum Gasteiger partial charge on any atom is 0.243 e. The van der Waals surface area contributed by atoms with Crippen LogP contribution in [0.4, 0.5) is 5.69 Å². The van der Waals surface area contributed by atoms with E-state index in [1.165, 1.54) is 28.6 Å². The summed E-state index contributed by atoms with van der Waals surface area (Å²) >= 11 is 5.95. The van der Waals surface area contributed by atoms with Gasteiger partial charge in [0.1, 0.15) is 5.75 Å². The zero-order chi connectivity index (χ0) is 24.8. The first kappa shape index (κ1) is 25.0. The average molecular weight is 514 g/mol. The molecule has 1 amide bonds. The van der Waals surface area contributed by atoms with Crippen LogP contribution >= 0.6 is 11.6 Å². The molecule has 3 aromatic carbocycles. The van der Waals surface area contributed by atoms with E-state index >= 15 is 0 Å². The molecule has 0 aromatic heterocycles. The van der Waals surface area contributed by atoms with Crippen molar-refractivity contribution in [2.45, 2.75) is 11.4 Å². The van der Waals surface area contributed by atoms with Crippen molar-refractivity contribution in [3.05, 3.63) is 89.4 Å². The molecule has 4 rings (SSSR count). The number of amides is 1. The summed E-state index contributed by atoms with van der Waals surface area (Å²) in [5.74, 6) is 0.563. The highest BCUT2D eigenvalue weighted by molar-refractivity contribution is 7.89. The van der Waals surface area contributed by atoms with Gasteiger partial charge < -0.3 is 14.5 Å². The number of benzene rings is 3. The Balaban J connectivity index is 1.49. The first-order valence-electron chi connectivity index (χ1n) is 11.3. The van der Waals surface area contributed by atoms with Crippen LogP contribution in [0.25, 0.3) is 0 Å². The van der Waals surface area contributed by atoms with Crippen molar-refractivity contribution in [1.29, 1.82) is 0 Å². The number of methoxy groups -OCH3 is 1. The first-order chi connectivity index (χ1) is 16.9. The van der Waals surface area contributed by atoms with E-state index in [0.29, 0.717) is 31.2 Å². The van der Waals surface area contributed by atoms with Crippen molar-refractivity contribution in [3.8, 4) is 5.75 Å². The Morgan fingerprint density at radius 3 is 2.20 bits per heavy atom. The van der Waals surface area contributed by atoms with Crippen LogP contribution in [0.2, 0.25) is 5.02 Å². The van der Waals surface area contributed by atoms with Crippen molar-refractivity contribution in [2.24, 2.45) is 0 Å². The van der Waals surface area contributed by atoms with Gasteiger partial charge in [-0.3, -0.25) is 4.79 Å². The minimum absolute atomic E-state index is 0.0960. The van der Waals surface area contributed by atoms with Gasteiger partial charge in [0.05, 0.1) is 24.2 Å². The lowest BCUT2D eigenvalue weighted by Gasteiger charge is -2.37. The van der Waals surface area contributed by atoms with Gasteiger partial charge in [-0.25, -0.2) is 8.42 Å². The maximum atomic E-state index is 13.5. The third kappa shape index (κ3) is 5.96. The van der Waals surface area contributed by atoms with Crippen LogP contribution in [0.15, 0.2) is 83.8 Å². The second kappa shape index (κ2) is 11.1. The molecule has 0 N–H and O–H groups in total.